The first-order valence-electron chi connectivity index (χ1n) is 5.36. The Morgan fingerprint density at radius 3 is 2.45 bits per heavy atom. The number of aliphatic hydroxyl groups is 1. The Hall–Kier alpha value is -2.29. The van der Waals surface area contributed by atoms with E-state index in [2.05, 4.69) is 12.2 Å². The Balaban J connectivity index is 2.46. The lowest BCUT2D eigenvalue weighted by Gasteiger charge is -2.25. The predicted octanol–water partition coefficient (Wildman–Crippen LogP) is -0.0300. The van der Waals surface area contributed by atoms with Crippen LogP contribution in [0.15, 0.2) is 23.8 Å². The summed E-state index contributed by atoms with van der Waals surface area (Å²) in [6, 6.07) is 3.62. The molecule has 1 aromatic rings. The number of phenolic OH excluding ortho intramolecular Hbond substituents is 2. The van der Waals surface area contributed by atoms with Crippen molar-refractivity contribution in [2.45, 2.75) is 6.10 Å². The fourth-order valence-electron chi connectivity index (χ4n) is 1.62. The van der Waals surface area contributed by atoms with Crippen LogP contribution in [0.5, 0.6) is 11.5 Å². The summed E-state index contributed by atoms with van der Waals surface area (Å²) in [5.74, 6) is -2.82. The molecule has 1 fully saturated rings. The Morgan fingerprint density at radius 1 is 1.20 bits per heavy atom. The van der Waals surface area contributed by atoms with Crippen molar-refractivity contribution in [3.8, 4) is 11.5 Å². The minimum absolute atomic E-state index is 0.0213. The number of Topliss-reactive ketones (excluding diaryl/α,β-unsaturated/α-hetero) is 1. The lowest BCUT2D eigenvalue weighted by Crippen LogP contribution is -2.51. The zero-order chi connectivity index (χ0) is 15.0. The van der Waals surface area contributed by atoms with Gasteiger partial charge >= 0.3 is 0 Å². The number of carbonyl (C=O) groups excluding carboxylic acids is 2. The summed E-state index contributed by atoms with van der Waals surface area (Å²) >= 11 is 4.54. The summed E-state index contributed by atoms with van der Waals surface area (Å²) in [4.78, 5) is 22.9. The minimum Gasteiger partial charge on any atom is -0.504 e. The van der Waals surface area contributed by atoms with Crippen LogP contribution in [-0.2, 0) is 9.59 Å². The van der Waals surface area contributed by atoms with Gasteiger partial charge in [-0.2, -0.15) is 5.06 Å². The van der Waals surface area contributed by atoms with Gasteiger partial charge in [-0.25, -0.2) is 0 Å². The Kier molecular flexibility index (Phi) is 3.53. The number of ketones is 1. The highest BCUT2D eigenvalue weighted by Crippen LogP contribution is 2.27. The molecule has 1 amide bonds. The molecule has 0 saturated carbocycles. The maximum atomic E-state index is 11.8. The third kappa shape index (κ3) is 2.27. The molecular weight excluding hydrogens is 286 g/mol. The highest BCUT2D eigenvalue weighted by atomic mass is 32.1. The number of piperidine rings is 1. The molecule has 20 heavy (non-hydrogen) atoms. The lowest BCUT2D eigenvalue weighted by molar-refractivity contribution is -0.150. The van der Waals surface area contributed by atoms with Crippen LogP contribution in [0.1, 0.15) is 5.56 Å². The van der Waals surface area contributed by atoms with Crippen molar-refractivity contribution < 1.29 is 30.1 Å². The van der Waals surface area contributed by atoms with E-state index in [4.69, 9.17) is 5.11 Å². The summed E-state index contributed by atoms with van der Waals surface area (Å²) in [6.07, 6.45) is -0.720. The molecule has 1 aliphatic heterocycles. The molecule has 2 rings (SSSR count). The van der Waals surface area contributed by atoms with Crippen molar-refractivity contribution in [2.24, 2.45) is 0 Å². The topological polar surface area (TPSA) is 118 Å². The molecule has 1 saturated heterocycles. The first kappa shape index (κ1) is 14.1. The average Bonchev–Trinajstić information content (AvgIpc) is 2.43. The van der Waals surface area contributed by atoms with E-state index >= 15 is 0 Å². The van der Waals surface area contributed by atoms with E-state index in [0.29, 0.717) is 0 Å². The van der Waals surface area contributed by atoms with E-state index in [1.165, 1.54) is 6.07 Å². The molecular formula is C12H9NO6S. The van der Waals surface area contributed by atoms with Gasteiger partial charge in [0.25, 0.3) is 5.91 Å². The van der Waals surface area contributed by atoms with Crippen molar-refractivity contribution in [1.29, 1.82) is 0 Å². The molecule has 4 N–H and O–H groups in total. The van der Waals surface area contributed by atoms with Crippen molar-refractivity contribution in [1.82, 2.24) is 5.06 Å². The Labute approximate surface area is 117 Å². The summed E-state index contributed by atoms with van der Waals surface area (Å²) in [6.45, 7) is 0. The molecule has 7 nitrogen and oxygen atoms in total. The second-order valence-corrected chi connectivity index (χ2v) is 4.45. The number of hydrogen-bond acceptors (Lipinski definition) is 7. The monoisotopic (exact) mass is 295 g/mol. The number of thiocarbonyl (C=S) groups is 1. The molecule has 1 unspecified atom stereocenters. The number of aliphatic hydroxyl groups excluding tert-OH is 1. The molecule has 1 aliphatic rings. The number of hydroxylamine groups is 2. The zero-order valence-corrected chi connectivity index (χ0v) is 10.7. The molecule has 0 aromatic heterocycles. The maximum absolute atomic E-state index is 11.8. The van der Waals surface area contributed by atoms with Crippen molar-refractivity contribution >= 4 is 35.0 Å². The van der Waals surface area contributed by atoms with Crippen LogP contribution in [0.2, 0.25) is 0 Å². The molecule has 104 valence electrons. The van der Waals surface area contributed by atoms with Crippen LogP contribution in [-0.4, -0.2) is 48.4 Å². The van der Waals surface area contributed by atoms with Gasteiger partial charge in [0.1, 0.15) is 4.99 Å². The smallest absolute Gasteiger partial charge is 0.286 e. The van der Waals surface area contributed by atoms with Crippen molar-refractivity contribution in [3.05, 3.63) is 29.3 Å². The van der Waals surface area contributed by atoms with Crippen LogP contribution in [0.3, 0.4) is 0 Å². The van der Waals surface area contributed by atoms with Crippen molar-refractivity contribution in [3.63, 3.8) is 0 Å². The molecule has 0 bridgehead atoms. The van der Waals surface area contributed by atoms with E-state index in [1.807, 2.05) is 0 Å². The fraction of sp³-hybridized carbons (Fsp3) is 0.0833. The third-order valence-corrected chi connectivity index (χ3v) is 3.09. The van der Waals surface area contributed by atoms with E-state index in [0.717, 1.165) is 18.2 Å². The highest BCUT2D eigenvalue weighted by Gasteiger charge is 2.40. The first-order valence-corrected chi connectivity index (χ1v) is 5.77. The number of carbonyl (C=O) groups is 2. The predicted molar refractivity (Wildman–Crippen MR) is 70.0 cm³/mol. The highest BCUT2D eigenvalue weighted by molar-refractivity contribution is 7.80. The van der Waals surface area contributed by atoms with Crippen LogP contribution in [0.4, 0.5) is 0 Å². The second kappa shape index (κ2) is 5.00. The Bertz CT molecular complexity index is 627. The summed E-state index contributed by atoms with van der Waals surface area (Å²) in [7, 11) is 0. The van der Waals surface area contributed by atoms with Gasteiger partial charge in [-0.15, -0.1) is 0 Å². The maximum Gasteiger partial charge on any atom is 0.286 e. The van der Waals surface area contributed by atoms with Gasteiger partial charge in [-0.05, 0) is 23.8 Å². The standard InChI is InChI=1S/C12H9NO6S/c14-7-2-1-5(4-8(7)15)3-6-9(16)10(17)12(20)13(19)11(6)18/h1-4,10,14-15,17,19H. The van der Waals surface area contributed by atoms with E-state index in [9.17, 15) is 25.0 Å². The van der Waals surface area contributed by atoms with Crippen LogP contribution >= 0.6 is 12.2 Å². The van der Waals surface area contributed by atoms with E-state index < -0.39 is 34.1 Å². The second-order valence-electron chi connectivity index (χ2n) is 4.03. The van der Waals surface area contributed by atoms with Gasteiger partial charge in [-0.1, -0.05) is 18.3 Å². The van der Waals surface area contributed by atoms with E-state index in [1.54, 1.807) is 0 Å². The molecule has 0 radical (unpaired) electrons. The number of nitrogens with zero attached hydrogens (tertiary/aromatic N) is 1. The van der Waals surface area contributed by atoms with Gasteiger partial charge in [0, 0.05) is 0 Å². The van der Waals surface area contributed by atoms with Gasteiger partial charge in [0.05, 0.1) is 5.57 Å². The van der Waals surface area contributed by atoms with Crippen LogP contribution in [0.25, 0.3) is 6.08 Å². The van der Waals surface area contributed by atoms with Crippen LogP contribution in [0, 0.1) is 0 Å². The summed E-state index contributed by atoms with van der Waals surface area (Å²) in [5, 5.41) is 37.4. The SMILES string of the molecule is O=C1C(=Cc2ccc(O)c(O)c2)C(=O)N(O)C(=S)C1O. The number of phenols is 2. The molecule has 0 spiro atoms. The largest absolute Gasteiger partial charge is 0.504 e. The third-order valence-electron chi connectivity index (χ3n) is 2.69. The number of rotatable bonds is 1. The number of hydrogen-bond donors (Lipinski definition) is 4. The molecule has 1 heterocycles. The van der Waals surface area contributed by atoms with Crippen molar-refractivity contribution in [2.75, 3.05) is 0 Å². The van der Waals surface area contributed by atoms with Crippen LogP contribution < -0.4 is 0 Å². The fourth-order valence-corrected chi connectivity index (χ4v) is 1.81. The van der Waals surface area contributed by atoms with Gasteiger partial charge in [-0.3, -0.25) is 14.8 Å². The minimum atomic E-state index is -1.79. The summed E-state index contributed by atoms with van der Waals surface area (Å²) < 4.78 is 0. The molecule has 0 aliphatic carbocycles. The number of amides is 1. The molecule has 1 atom stereocenters. The molecule has 8 heteroatoms. The quantitative estimate of drug-likeness (QED) is 0.189. The molecule has 1 aromatic carbocycles. The zero-order valence-electron chi connectivity index (χ0n) is 9.85. The average molecular weight is 295 g/mol. The lowest BCUT2D eigenvalue weighted by atomic mass is 9.98. The van der Waals surface area contributed by atoms with E-state index in [-0.39, 0.29) is 16.4 Å². The van der Waals surface area contributed by atoms with Gasteiger partial charge in [0.2, 0.25) is 5.78 Å². The number of aromatic hydroxyl groups is 2. The first-order chi connectivity index (χ1) is 9.32. The number of benzene rings is 1. The summed E-state index contributed by atoms with van der Waals surface area (Å²) in [5.41, 5.74) is -0.260. The van der Waals surface area contributed by atoms with Gasteiger partial charge < -0.3 is 15.3 Å². The Morgan fingerprint density at radius 2 is 1.85 bits per heavy atom. The van der Waals surface area contributed by atoms with Gasteiger partial charge in [0.15, 0.2) is 17.6 Å². The normalized spacial score (nSPS) is 21.7.